The molecule has 0 radical (unpaired) electrons. The molecule has 1 aliphatic heterocycles. The van der Waals surface area contributed by atoms with Gasteiger partial charge in [0.05, 0.1) is 6.54 Å². The number of nitrogens with two attached hydrogens (primary N) is 1. The quantitative estimate of drug-likeness (QED) is 0.497. The Morgan fingerprint density at radius 3 is 2.89 bits per heavy atom. The zero-order valence-corrected chi connectivity index (χ0v) is 12.3. The molecule has 0 spiro atoms. The molecule has 0 saturated heterocycles. The average Bonchev–Trinajstić information content (AvgIpc) is 2.33. The number of nitrogens with zero attached hydrogens (tertiary/aromatic N) is 1. The van der Waals surface area contributed by atoms with Crippen LogP contribution < -0.4 is 16.2 Å². The smallest absolute Gasteiger partial charge is 0.253 e. The lowest BCUT2D eigenvalue weighted by molar-refractivity contribution is -0.120. The van der Waals surface area contributed by atoms with E-state index in [0.717, 1.165) is 12.1 Å². The molecule has 1 heterocycles. The molecule has 0 unspecified atom stereocenters. The van der Waals surface area contributed by atoms with Crippen LogP contribution in [0.3, 0.4) is 0 Å². The number of hydrogen-bond acceptors (Lipinski definition) is 3. The molecule has 0 aliphatic carbocycles. The lowest BCUT2D eigenvalue weighted by atomic mass is 9.80. The highest BCUT2D eigenvalue weighted by molar-refractivity contribution is 6.30. The Bertz CT molecular complexity index is 501. The van der Waals surface area contributed by atoms with Crippen LogP contribution in [-0.2, 0) is 4.79 Å². The zero-order valence-electron chi connectivity index (χ0n) is 11.5. The predicted molar refractivity (Wildman–Crippen MR) is 78.2 cm³/mol. The van der Waals surface area contributed by atoms with Gasteiger partial charge >= 0.3 is 0 Å². The first-order valence-electron chi connectivity index (χ1n) is 6.41. The van der Waals surface area contributed by atoms with Crippen LogP contribution in [0, 0.1) is 0 Å². The summed E-state index contributed by atoms with van der Waals surface area (Å²) in [4.78, 5) is 13.7. The first kappa shape index (κ1) is 14.2. The second kappa shape index (κ2) is 5.02. The maximum atomic E-state index is 11.6. The molecule has 19 heavy (non-hydrogen) atoms. The Morgan fingerprint density at radius 1 is 1.58 bits per heavy atom. The molecule has 0 fully saturated rings. The van der Waals surface area contributed by atoms with Crippen LogP contribution in [0.15, 0.2) is 18.2 Å². The number of hydrogen-bond donors (Lipinski definition) is 2. The van der Waals surface area contributed by atoms with E-state index in [0.29, 0.717) is 10.9 Å². The average molecular weight is 282 g/mol. The van der Waals surface area contributed by atoms with Crippen molar-refractivity contribution in [3.05, 3.63) is 28.8 Å². The molecule has 1 aromatic rings. The van der Waals surface area contributed by atoms with Gasteiger partial charge in [0, 0.05) is 16.2 Å². The van der Waals surface area contributed by atoms with Crippen molar-refractivity contribution in [1.82, 2.24) is 5.43 Å². The number of fused-ring (bicyclic) bond motifs is 1. The fourth-order valence-electron chi connectivity index (χ4n) is 2.95. The number of hydrazine groups is 1. The largest absolute Gasteiger partial charge is 0.357 e. The fraction of sp³-hybridized carbons (Fsp3) is 0.500. The molecule has 1 atom stereocenters. The summed E-state index contributed by atoms with van der Waals surface area (Å²) in [7, 11) is 0. The Balaban J connectivity index is 2.47. The third-order valence-corrected chi connectivity index (χ3v) is 4.05. The Kier molecular flexibility index (Phi) is 3.74. The van der Waals surface area contributed by atoms with Crippen molar-refractivity contribution in [2.45, 2.75) is 38.6 Å². The van der Waals surface area contributed by atoms with Gasteiger partial charge in [-0.1, -0.05) is 24.6 Å². The molecule has 5 heteroatoms. The number of anilines is 1. The molecule has 104 valence electrons. The standard InChI is InChI=1S/C14H20ClN3O/c1-9-7-14(2,3)18(8-13(19)17-16)12-6-10(15)4-5-11(9)12/h4-6,9H,7-8,16H2,1-3H3,(H,17,19)/t9-/m1/s1. The van der Waals surface area contributed by atoms with Crippen LogP contribution in [0.2, 0.25) is 5.02 Å². The van der Waals surface area contributed by atoms with E-state index >= 15 is 0 Å². The highest BCUT2D eigenvalue weighted by Crippen LogP contribution is 2.43. The van der Waals surface area contributed by atoms with Crippen LogP contribution >= 0.6 is 11.6 Å². The summed E-state index contributed by atoms with van der Waals surface area (Å²) in [6, 6.07) is 5.87. The van der Waals surface area contributed by atoms with Crippen molar-refractivity contribution in [2.75, 3.05) is 11.4 Å². The van der Waals surface area contributed by atoms with Gasteiger partial charge in [0.15, 0.2) is 0 Å². The Hall–Kier alpha value is -1.26. The monoisotopic (exact) mass is 281 g/mol. The summed E-state index contributed by atoms with van der Waals surface area (Å²) in [6.07, 6.45) is 0.986. The molecule has 4 nitrogen and oxygen atoms in total. The minimum atomic E-state index is -0.200. The van der Waals surface area contributed by atoms with E-state index in [1.807, 2.05) is 18.2 Å². The summed E-state index contributed by atoms with van der Waals surface area (Å²) in [5, 5.41) is 0.682. The second-order valence-electron chi connectivity index (χ2n) is 5.77. The van der Waals surface area contributed by atoms with E-state index in [1.54, 1.807) is 0 Å². The van der Waals surface area contributed by atoms with Gasteiger partial charge in [0.2, 0.25) is 0 Å². The number of rotatable bonds is 2. The summed E-state index contributed by atoms with van der Waals surface area (Å²) < 4.78 is 0. The minimum absolute atomic E-state index is 0.108. The summed E-state index contributed by atoms with van der Waals surface area (Å²) in [6.45, 7) is 6.71. The normalized spacial score (nSPS) is 20.9. The van der Waals surface area contributed by atoms with Gasteiger partial charge in [-0.25, -0.2) is 5.84 Å². The van der Waals surface area contributed by atoms with Crippen LogP contribution in [0.25, 0.3) is 0 Å². The first-order valence-corrected chi connectivity index (χ1v) is 6.79. The highest BCUT2D eigenvalue weighted by atomic mass is 35.5. The molecule has 1 aliphatic rings. The van der Waals surface area contributed by atoms with Gasteiger partial charge in [0.1, 0.15) is 0 Å². The number of halogens is 1. The van der Waals surface area contributed by atoms with Crippen molar-refractivity contribution in [1.29, 1.82) is 0 Å². The summed E-state index contributed by atoms with van der Waals surface area (Å²) in [5.41, 5.74) is 4.34. The minimum Gasteiger partial charge on any atom is -0.357 e. The van der Waals surface area contributed by atoms with E-state index in [9.17, 15) is 4.79 Å². The Morgan fingerprint density at radius 2 is 2.26 bits per heavy atom. The predicted octanol–water partition coefficient (Wildman–Crippen LogP) is 2.42. The topological polar surface area (TPSA) is 58.4 Å². The highest BCUT2D eigenvalue weighted by Gasteiger charge is 2.37. The summed E-state index contributed by atoms with van der Waals surface area (Å²) in [5.74, 6) is 5.45. The van der Waals surface area contributed by atoms with Crippen LogP contribution in [0.1, 0.15) is 38.7 Å². The lowest BCUT2D eigenvalue weighted by Crippen LogP contribution is -2.53. The molecule has 2 rings (SSSR count). The van der Waals surface area contributed by atoms with Crippen molar-refractivity contribution in [3.8, 4) is 0 Å². The second-order valence-corrected chi connectivity index (χ2v) is 6.21. The third kappa shape index (κ3) is 2.69. The van der Waals surface area contributed by atoms with Gasteiger partial charge in [0.25, 0.3) is 5.91 Å². The van der Waals surface area contributed by atoms with Crippen molar-refractivity contribution in [3.63, 3.8) is 0 Å². The van der Waals surface area contributed by atoms with Gasteiger partial charge in [-0.2, -0.15) is 0 Å². The molecular formula is C14H20ClN3O. The van der Waals surface area contributed by atoms with Crippen molar-refractivity contribution < 1.29 is 4.79 Å². The van der Waals surface area contributed by atoms with E-state index in [-0.39, 0.29) is 18.0 Å². The van der Waals surface area contributed by atoms with Gasteiger partial charge < -0.3 is 4.90 Å². The number of benzene rings is 1. The van der Waals surface area contributed by atoms with Gasteiger partial charge in [-0.15, -0.1) is 0 Å². The van der Waals surface area contributed by atoms with E-state index in [4.69, 9.17) is 17.4 Å². The number of amides is 1. The SMILES string of the molecule is C[C@@H]1CC(C)(C)N(CC(=O)NN)c2cc(Cl)ccc21. The van der Waals surface area contributed by atoms with Crippen LogP contribution in [0.4, 0.5) is 5.69 Å². The molecule has 3 N–H and O–H groups in total. The first-order chi connectivity index (χ1) is 8.85. The number of carbonyl (C=O) groups excluding carboxylic acids is 1. The van der Waals surface area contributed by atoms with Crippen molar-refractivity contribution in [2.24, 2.45) is 5.84 Å². The molecule has 0 saturated carbocycles. The van der Waals surface area contributed by atoms with E-state index in [1.165, 1.54) is 5.56 Å². The maximum absolute atomic E-state index is 11.6. The van der Waals surface area contributed by atoms with Gasteiger partial charge in [-0.3, -0.25) is 10.2 Å². The van der Waals surface area contributed by atoms with Crippen molar-refractivity contribution >= 4 is 23.2 Å². The molecule has 0 bridgehead atoms. The molecule has 1 amide bonds. The lowest BCUT2D eigenvalue weighted by Gasteiger charge is -2.47. The third-order valence-electron chi connectivity index (χ3n) is 3.81. The molecule has 1 aromatic carbocycles. The van der Waals surface area contributed by atoms with Crippen LogP contribution in [0.5, 0.6) is 0 Å². The zero-order chi connectivity index (χ0) is 14.2. The van der Waals surface area contributed by atoms with E-state index in [2.05, 4.69) is 31.1 Å². The number of nitrogens with one attached hydrogen (secondary N) is 1. The van der Waals surface area contributed by atoms with Gasteiger partial charge in [-0.05, 0) is 43.9 Å². The maximum Gasteiger partial charge on any atom is 0.253 e. The number of carbonyl (C=O) groups is 1. The fourth-order valence-corrected chi connectivity index (χ4v) is 3.12. The Labute approximate surface area is 118 Å². The van der Waals surface area contributed by atoms with E-state index < -0.39 is 0 Å². The molecular weight excluding hydrogens is 262 g/mol. The van der Waals surface area contributed by atoms with Crippen LogP contribution in [-0.4, -0.2) is 18.0 Å². The summed E-state index contributed by atoms with van der Waals surface area (Å²) >= 11 is 6.10. The molecule has 0 aromatic heterocycles.